The monoisotopic (exact) mass is 330 g/mol. The summed E-state index contributed by atoms with van der Waals surface area (Å²) >= 11 is 5.56. The lowest BCUT2D eigenvalue weighted by Crippen LogP contribution is -2.26. The Balaban J connectivity index is 2.50. The van der Waals surface area contributed by atoms with E-state index in [1.165, 1.54) is 5.56 Å². The van der Waals surface area contributed by atoms with E-state index in [1.807, 2.05) is 17.8 Å². The van der Waals surface area contributed by atoms with Crippen molar-refractivity contribution in [2.45, 2.75) is 19.1 Å². The van der Waals surface area contributed by atoms with Crippen LogP contribution in [0.2, 0.25) is 0 Å². The molecule has 2 N–H and O–H groups in total. The molecule has 0 saturated heterocycles. The molecule has 0 aromatic heterocycles. The lowest BCUT2D eigenvalue weighted by atomic mass is 10.1. The number of nitrogens with zero attached hydrogens (tertiary/aromatic N) is 1. The predicted molar refractivity (Wildman–Crippen MR) is 86.2 cm³/mol. The van der Waals surface area contributed by atoms with Gasteiger partial charge in [-0.25, -0.2) is 0 Å². The number of nitrogens with two attached hydrogens (primary N) is 1. The van der Waals surface area contributed by atoms with Gasteiger partial charge < -0.3 is 10.6 Å². The molecule has 1 atom stereocenters. The maximum Gasteiger partial charge on any atom is 0.0431 e. The minimum atomic E-state index is 0.385. The van der Waals surface area contributed by atoms with E-state index in [2.05, 4.69) is 52.9 Å². The Morgan fingerprint density at radius 1 is 1.28 bits per heavy atom. The zero-order valence-electron chi connectivity index (χ0n) is 11.2. The zero-order valence-corrected chi connectivity index (χ0v) is 13.6. The van der Waals surface area contributed by atoms with Crippen LogP contribution in [-0.4, -0.2) is 36.8 Å². The fraction of sp³-hybridized carbons (Fsp3) is 0.571. The van der Waals surface area contributed by atoms with E-state index in [-0.39, 0.29) is 0 Å². The largest absolute Gasteiger partial charge is 0.329 e. The minimum Gasteiger partial charge on any atom is -0.329 e. The van der Waals surface area contributed by atoms with Crippen LogP contribution in [0.5, 0.6) is 0 Å². The second-order valence-electron chi connectivity index (χ2n) is 4.14. The first-order valence-corrected chi connectivity index (χ1v) is 8.35. The summed E-state index contributed by atoms with van der Waals surface area (Å²) < 4.78 is 1.16. The fourth-order valence-corrected chi connectivity index (χ4v) is 3.77. The summed E-state index contributed by atoms with van der Waals surface area (Å²) in [6.45, 7) is 8.49. The third-order valence-corrected chi connectivity index (χ3v) is 5.08. The molecule has 0 saturated carbocycles. The molecule has 0 aliphatic rings. The highest BCUT2D eigenvalue weighted by Gasteiger charge is 2.13. The highest BCUT2D eigenvalue weighted by atomic mass is 79.9. The molecule has 1 unspecified atom stereocenters. The van der Waals surface area contributed by atoms with Crippen molar-refractivity contribution in [3.05, 3.63) is 34.3 Å². The number of rotatable bonds is 8. The van der Waals surface area contributed by atoms with Crippen molar-refractivity contribution in [3.8, 4) is 0 Å². The topological polar surface area (TPSA) is 29.3 Å². The van der Waals surface area contributed by atoms with Crippen LogP contribution in [0.1, 0.15) is 24.7 Å². The Kier molecular flexibility index (Phi) is 7.98. The summed E-state index contributed by atoms with van der Waals surface area (Å²) in [7, 11) is 0. The van der Waals surface area contributed by atoms with Gasteiger partial charge in [-0.3, -0.25) is 0 Å². The van der Waals surface area contributed by atoms with Gasteiger partial charge in [0.1, 0.15) is 0 Å². The molecule has 102 valence electrons. The minimum absolute atomic E-state index is 0.385. The van der Waals surface area contributed by atoms with Crippen molar-refractivity contribution in [2.75, 3.05) is 31.9 Å². The number of hydrogen-bond acceptors (Lipinski definition) is 3. The van der Waals surface area contributed by atoms with Gasteiger partial charge >= 0.3 is 0 Å². The molecule has 0 spiro atoms. The van der Waals surface area contributed by atoms with E-state index in [1.54, 1.807) is 0 Å². The van der Waals surface area contributed by atoms with Crippen molar-refractivity contribution in [1.29, 1.82) is 0 Å². The molecule has 2 nitrogen and oxygen atoms in total. The predicted octanol–water partition coefficient (Wildman–Crippen LogP) is 3.52. The summed E-state index contributed by atoms with van der Waals surface area (Å²) in [6.07, 6.45) is 0. The average molecular weight is 331 g/mol. The van der Waals surface area contributed by atoms with Crippen molar-refractivity contribution >= 4 is 27.7 Å². The van der Waals surface area contributed by atoms with E-state index >= 15 is 0 Å². The van der Waals surface area contributed by atoms with E-state index in [4.69, 9.17) is 5.73 Å². The zero-order chi connectivity index (χ0) is 13.4. The number of thioether (sulfide) groups is 1. The SMILES string of the molecule is CCN(CC)CCSC(CN)c1ccccc1Br. The standard InChI is InChI=1S/C14H23BrN2S/c1-3-17(4-2)9-10-18-14(11-16)12-7-5-6-8-13(12)15/h5-8,14H,3-4,9-11,16H2,1-2H3. The van der Waals surface area contributed by atoms with E-state index in [0.717, 1.165) is 29.9 Å². The van der Waals surface area contributed by atoms with E-state index in [9.17, 15) is 0 Å². The average Bonchev–Trinajstić information content (AvgIpc) is 2.40. The Labute approximate surface area is 123 Å². The second-order valence-corrected chi connectivity index (χ2v) is 6.31. The maximum atomic E-state index is 5.90. The molecule has 0 aliphatic heterocycles. The van der Waals surface area contributed by atoms with Crippen LogP contribution < -0.4 is 5.73 Å². The summed E-state index contributed by atoms with van der Waals surface area (Å²) in [5.41, 5.74) is 7.21. The second kappa shape index (κ2) is 8.97. The molecule has 1 rings (SSSR count). The van der Waals surface area contributed by atoms with Gasteiger partial charge in [0, 0.05) is 28.6 Å². The van der Waals surface area contributed by atoms with Crippen LogP contribution in [0, 0.1) is 0 Å². The van der Waals surface area contributed by atoms with Gasteiger partial charge in [0.05, 0.1) is 0 Å². The molecule has 0 fully saturated rings. The third-order valence-electron chi connectivity index (χ3n) is 3.09. The first-order valence-electron chi connectivity index (χ1n) is 6.51. The molecule has 0 amide bonds. The van der Waals surface area contributed by atoms with Crippen LogP contribution in [0.25, 0.3) is 0 Å². The van der Waals surface area contributed by atoms with Gasteiger partial charge in [0.15, 0.2) is 0 Å². The van der Waals surface area contributed by atoms with Crippen molar-refractivity contribution in [2.24, 2.45) is 5.73 Å². The summed E-state index contributed by atoms with van der Waals surface area (Å²) in [6, 6.07) is 8.37. The first-order chi connectivity index (χ1) is 8.72. The van der Waals surface area contributed by atoms with Gasteiger partial charge in [-0.1, -0.05) is 48.0 Å². The molecular formula is C14H23BrN2S. The number of hydrogen-bond donors (Lipinski definition) is 1. The van der Waals surface area contributed by atoms with Crippen LogP contribution >= 0.6 is 27.7 Å². The Morgan fingerprint density at radius 3 is 2.50 bits per heavy atom. The maximum absolute atomic E-state index is 5.90. The van der Waals surface area contributed by atoms with Gasteiger partial charge in [0.25, 0.3) is 0 Å². The molecule has 0 aliphatic carbocycles. The highest BCUT2D eigenvalue weighted by molar-refractivity contribution is 9.10. The van der Waals surface area contributed by atoms with Crippen molar-refractivity contribution in [3.63, 3.8) is 0 Å². The summed E-state index contributed by atoms with van der Waals surface area (Å²) in [5, 5.41) is 0.385. The van der Waals surface area contributed by atoms with Crippen LogP contribution in [0.15, 0.2) is 28.7 Å². The molecular weight excluding hydrogens is 308 g/mol. The van der Waals surface area contributed by atoms with Crippen molar-refractivity contribution < 1.29 is 0 Å². The lowest BCUT2D eigenvalue weighted by Gasteiger charge is -2.21. The van der Waals surface area contributed by atoms with Crippen LogP contribution in [0.4, 0.5) is 0 Å². The lowest BCUT2D eigenvalue weighted by molar-refractivity contribution is 0.324. The Hall–Kier alpha value is -0.0300. The highest BCUT2D eigenvalue weighted by Crippen LogP contribution is 2.32. The molecule has 18 heavy (non-hydrogen) atoms. The molecule has 0 bridgehead atoms. The number of benzene rings is 1. The molecule has 0 heterocycles. The van der Waals surface area contributed by atoms with Crippen molar-refractivity contribution in [1.82, 2.24) is 4.90 Å². The summed E-state index contributed by atoms with van der Waals surface area (Å²) in [4.78, 5) is 2.45. The van der Waals surface area contributed by atoms with Gasteiger partial charge in [-0.2, -0.15) is 11.8 Å². The normalized spacial score (nSPS) is 12.9. The first kappa shape index (κ1) is 16.0. The van der Waals surface area contributed by atoms with Gasteiger partial charge in [0.2, 0.25) is 0 Å². The molecule has 4 heteroatoms. The van der Waals surface area contributed by atoms with Crippen LogP contribution in [-0.2, 0) is 0 Å². The smallest absolute Gasteiger partial charge is 0.0431 e. The summed E-state index contributed by atoms with van der Waals surface area (Å²) in [5.74, 6) is 1.13. The van der Waals surface area contributed by atoms with Gasteiger partial charge in [-0.15, -0.1) is 0 Å². The quantitative estimate of drug-likeness (QED) is 0.790. The van der Waals surface area contributed by atoms with Crippen LogP contribution in [0.3, 0.4) is 0 Å². The Bertz CT molecular complexity index is 342. The van der Waals surface area contributed by atoms with Gasteiger partial charge in [-0.05, 0) is 24.7 Å². The molecule has 0 radical (unpaired) electrons. The van der Waals surface area contributed by atoms with E-state index in [0.29, 0.717) is 11.8 Å². The molecule has 1 aromatic carbocycles. The van der Waals surface area contributed by atoms with E-state index < -0.39 is 0 Å². The number of halogens is 1. The Morgan fingerprint density at radius 2 is 1.94 bits per heavy atom. The molecule has 1 aromatic rings. The third kappa shape index (κ3) is 4.92. The fourth-order valence-electron chi connectivity index (χ4n) is 1.88.